The maximum atomic E-state index is 12.6. The van der Waals surface area contributed by atoms with Gasteiger partial charge in [-0.25, -0.2) is 9.59 Å². The summed E-state index contributed by atoms with van der Waals surface area (Å²) in [6, 6.07) is 6.12. The van der Waals surface area contributed by atoms with Crippen LogP contribution in [0.2, 0.25) is 4.34 Å². The van der Waals surface area contributed by atoms with Crippen molar-refractivity contribution in [1.29, 1.82) is 0 Å². The molecule has 1 atom stereocenters. The number of urea groups is 1. The molecule has 0 aliphatic carbocycles. The van der Waals surface area contributed by atoms with Gasteiger partial charge in [-0.3, -0.25) is 4.90 Å². The Labute approximate surface area is 165 Å². The van der Waals surface area contributed by atoms with Gasteiger partial charge in [0.1, 0.15) is 11.8 Å². The number of esters is 1. The maximum Gasteiger partial charge on any atom is 0.338 e. The third kappa shape index (κ3) is 4.71. The molecular weight excluding hydrogens is 390 g/mol. The van der Waals surface area contributed by atoms with Crippen LogP contribution >= 0.6 is 22.9 Å². The summed E-state index contributed by atoms with van der Waals surface area (Å²) < 4.78 is 11.4. The van der Waals surface area contributed by atoms with Crippen LogP contribution < -0.4 is 10.6 Å². The number of nitrogens with zero attached hydrogens (tertiary/aromatic N) is 1. The van der Waals surface area contributed by atoms with Crippen molar-refractivity contribution in [2.75, 3.05) is 20.2 Å². The van der Waals surface area contributed by atoms with Gasteiger partial charge in [-0.05, 0) is 38.2 Å². The van der Waals surface area contributed by atoms with Crippen molar-refractivity contribution < 1.29 is 18.7 Å². The molecular formula is C18H20ClN3O4S. The first-order valence-corrected chi connectivity index (χ1v) is 9.61. The van der Waals surface area contributed by atoms with Crippen LogP contribution in [0.15, 0.2) is 46.2 Å². The summed E-state index contributed by atoms with van der Waals surface area (Å²) in [4.78, 5) is 27.9. The first kappa shape index (κ1) is 19.5. The Morgan fingerprint density at radius 2 is 2.19 bits per heavy atom. The van der Waals surface area contributed by atoms with Crippen molar-refractivity contribution in [2.45, 2.75) is 19.5 Å². The standard InChI is InChI=1S/C18H20ClN3O4S/c1-3-25-17(23)15-12(10-22(2)9-11-6-7-14(19)27-11)20-18(24)21-16(15)13-5-4-8-26-13/h4-8,16H,3,9-10H2,1-2H3,(H2,20,21,24)/t16-/m1/s1. The number of rotatable bonds is 7. The maximum absolute atomic E-state index is 12.6. The van der Waals surface area contributed by atoms with E-state index in [-0.39, 0.29) is 6.61 Å². The number of hydrogen-bond donors (Lipinski definition) is 2. The number of thiophene rings is 1. The van der Waals surface area contributed by atoms with Crippen LogP contribution in [0.1, 0.15) is 23.6 Å². The van der Waals surface area contributed by atoms with Crippen molar-refractivity contribution in [3.63, 3.8) is 0 Å². The molecule has 0 fully saturated rings. The molecule has 3 heterocycles. The minimum Gasteiger partial charge on any atom is -0.467 e. The average molecular weight is 410 g/mol. The van der Waals surface area contributed by atoms with Crippen LogP contribution in [0.5, 0.6) is 0 Å². The smallest absolute Gasteiger partial charge is 0.338 e. The Morgan fingerprint density at radius 1 is 1.37 bits per heavy atom. The molecule has 0 unspecified atom stereocenters. The first-order chi connectivity index (χ1) is 13.0. The van der Waals surface area contributed by atoms with Gasteiger partial charge < -0.3 is 19.8 Å². The van der Waals surface area contributed by atoms with E-state index in [2.05, 4.69) is 10.6 Å². The van der Waals surface area contributed by atoms with Crippen LogP contribution in [0.4, 0.5) is 4.79 Å². The third-order valence-electron chi connectivity index (χ3n) is 3.96. The van der Waals surface area contributed by atoms with E-state index in [0.717, 1.165) is 9.21 Å². The van der Waals surface area contributed by atoms with Crippen molar-refractivity contribution in [2.24, 2.45) is 0 Å². The lowest BCUT2D eigenvalue weighted by molar-refractivity contribution is -0.139. The second-order valence-corrected chi connectivity index (χ2v) is 7.84. The van der Waals surface area contributed by atoms with Crippen LogP contribution in [-0.2, 0) is 16.1 Å². The fraction of sp³-hybridized carbons (Fsp3) is 0.333. The summed E-state index contributed by atoms with van der Waals surface area (Å²) in [6.45, 7) is 2.96. The normalized spacial score (nSPS) is 17.0. The summed E-state index contributed by atoms with van der Waals surface area (Å²) in [5.41, 5.74) is 0.825. The quantitative estimate of drug-likeness (QED) is 0.685. The van der Waals surface area contributed by atoms with Gasteiger partial charge in [0.15, 0.2) is 0 Å². The predicted molar refractivity (Wildman–Crippen MR) is 102 cm³/mol. The monoisotopic (exact) mass is 409 g/mol. The molecule has 2 aromatic heterocycles. The highest BCUT2D eigenvalue weighted by atomic mass is 35.5. The van der Waals surface area contributed by atoms with E-state index in [9.17, 15) is 9.59 Å². The SMILES string of the molecule is CCOC(=O)C1=C(CN(C)Cc2ccc(Cl)s2)NC(=O)N[C@@H]1c1ccco1. The highest BCUT2D eigenvalue weighted by Crippen LogP contribution is 2.29. The molecule has 2 amide bonds. The zero-order valence-electron chi connectivity index (χ0n) is 15.0. The van der Waals surface area contributed by atoms with Gasteiger partial charge in [0.05, 0.1) is 22.8 Å². The number of carbonyl (C=O) groups excluding carboxylic acids is 2. The minimum atomic E-state index is -0.701. The Hall–Kier alpha value is -2.29. The average Bonchev–Trinajstić information content (AvgIpc) is 3.26. The Kier molecular flexibility index (Phi) is 6.20. The fourth-order valence-corrected chi connectivity index (χ4v) is 4.06. The summed E-state index contributed by atoms with van der Waals surface area (Å²) in [5, 5.41) is 5.47. The number of halogens is 1. The number of likely N-dealkylation sites (N-methyl/N-ethyl adjacent to an activating group) is 1. The molecule has 1 aliphatic rings. The molecule has 0 spiro atoms. The van der Waals surface area contributed by atoms with E-state index in [1.165, 1.54) is 17.6 Å². The summed E-state index contributed by atoms with van der Waals surface area (Å²) in [5.74, 6) is -0.0212. The van der Waals surface area contributed by atoms with Crippen LogP contribution in [-0.4, -0.2) is 37.1 Å². The molecule has 1 aliphatic heterocycles. The van der Waals surface area contributed by atoms with Crippen molar-refractivity contribution >= 4 is 34.9 Å². The first-order valence-electron chi connectivity index (χ1n) is 8.41. The van der Waals surface area contributed by atoms with Crippen LogP contribution in [0.25, 0.3) is 0 Å². The molecule has 9 heteroatoms. The van der Waals surface area contributed by atoms with Crippen molar-refractivity contribution in [3.8, 4) is 0 Å². The number of nitrogens with one attached hydrogen (secondary N) is 2. The number of furan rings is 1. The topological polar surface area (TPSA) is 83.8 Å². The second-order valence-electron chi connectivity index (χ2n) is 6.04. The van der Waals surface area contributed by atoms with Crippen molar-refractivity contribution in [3.05, 3.63) is 56.8 Å². The van der Waals surface area contributed by atoms with Crippen LogP contribution in [0, 0.1) is 0 Å². The van der Waals surface area contributed by atoms with E-state index in [4.69, 9.17) is 20.8 Å². The Morgan fingerprint density at radius 3 is 2.81 bits per heavy atom. The molecule has 27 heavy (non-hydrogen) atoms. The van der Waals surface area contributed by atoms with Crippen molar-refractivity contribution in [1.82, 2.24) is 15.5 Å². The molecule has 0 saturated carbocycles. The highest BCUT2D eigenvalue weighted by molar-refractivity contribution is 7.16. The molecule has 2 N–H and O–H groups in total. The van der Waals surface area contributed by atoms with Gasteiger partial charge in [-0.2, -0.15) is 0 Å². The summed E-state index contributed by atoms with van der Waals surface area (Å²) in [6.07, 6.45) is 1.50. The van der Waals surface area contributed by atoms with E-state index in [1.54, 1.807) is 19.1 Å². The number of carbonyl (C=O) groups is 2. The summed E-state index contributed by atoms with van der Waals surface area (Å²) in [7, 11) is 1.90. The molecule has 2 aromatic rings. The zero-order chi connectivity index (χ0) is 19.4. The van der Waals surface area contributed by atoms with E-state index in [1.807, 2.05) is 24.1 Å². The van der Waals surface area contributed by atoms with Gasteiger partial charge >= 0.3 is 12.0 Å². The Bertz CT molecular complexity index is 847. The number of ether oxygens (including phenoxy) is 1. The lowest BCUT2D eigenvalue weighted by atomic mass is 10.00. The van der Waals surface area contributed by atoms with Gasteiger partial charge in [0.2, 0.25) is 0 Å². The van der Waals surface area contributed by atoms with E-state index >= 15 is 0 Å². The van der Waals surface area contributed by atoms with Crippen LogP contribution in [0.3, 0.4) is 0 Å². The van der Waals surface area contributed by atoms with E-state index in [0.29, 0.717) is 30.1 Å². The molecule has 7 nitrogen and oxygen atoms in total. The largest absolute Gasteiger partial charge is 0.467 e. The second kappa shape index (κ2) is 8.60. The van der Waals surface area contributed by atoms with Gasteiger partial charge in [-0.15, -0.1) is 11.3 Å². The third-order valence-corrected chi connectivity index (χ3v) is 5.18. The van der Waals surface area contributed by atoms with Gasteiger partial charge in [0, 0.05) is 23.7 Å². The molecule has 144 valence electrons. The molecule has 3 rings (SSSR count). The Balaban J connectivity index is 1.89. The minimum absolute atomic E-state index is 0.234. The van der Waals surface area contributed by atoms with E-state index < -0.39 is 18.0 Å². The number of hydrogen-bond acceptors (Lipinski definition) is 6. The fourth-order valence-electron chi connectivity index (χ4n) is 2.89. The lowest BCUT2D eigenvalue weighted by Gasteiger charge is -2.29. The summed E-state index contributed by atoms with van der Waals surface area (Å²) >= 11 is 7.48. The molecule has 0 bridgehead atoms. The number of amides is 2. The van der Waals surface area contributed by atoms with Gasteiger partial charge in [-0.1, -0.05) is 11.6 Å². The molecule has 0 saturated heterocycles. The highest BCUT2D eigenvalue weighted by Gasteiger charge is 2.35. The predicted octanol–water partition coefficient (Wildman–Crippen LogP) is 3.30. The van der Waals surface area contributed by atoms with Gasteiger partial charge in [0.25, 0.3) is 0 Å². The lowest BCUT2D eigenvalue weighted by Crippen LogP contribution is -2.48. The molecule has 0 aromatic carbocycles. The molecule has 0 radical (unpaired) electrons. The zero-order valence-corrected chi connectivity index (χ0v) is 16.5.